The Hall–Kier alpha value is -1.52. The molecular formula is C12H18N2O3. The van der Waals surface area contributed by atoms with E-state index in [1.807, 2.05) is 0 Å². The minimum atomic E-state index is -0.516. The fourth-order valence-corrected chi connectivity index (χ4v) is 2.39. The molecule has 1 aromatic rings. The highest BCUT2D eigenvalue weighted by Crippen LogP contribution is 2.41. The van der Waals surface area contributed by atoms with Gasteiger partial charge in [0.25, 0.3) is 5.56 Å². The number of aromatic amines is 1. The van der Waals surface area contributed by atoms with Crippen LogP contribution < -0.4 is 11.2 Å². The zero-order valence-corrected chi connectivity index (χ0v) is 10.2. The van der Waals surface area contributed by atoms with Gasteiger partial charge in [-0.1, -0.05) is 20.3 Å². The van der Waals surface area contributed by atoms with Crippen LogP contribution in [-0.4, -0.2) is 14.7 Å². The molecule has 1 aromatic heterocycles. The lowest BCUT2D eigenvalue weighted by molar-refractivity contribution is 0.124. The second-order valence-corrected chi connectivity index (χ2v) is 5.17. The number of hydrogen-bond acceptors (Lipinski definition) is 3. The Kier molecular flexibility index (Phi) is 2.85. The number of H-pyrrole nitrogens is 1. The van der Waals surface area contributed by atoms with Crippen molar-refractivity contribution in [1.82, 2.24) is 9.55 Å². The maximum absolute atomic E-state index is 11.7. The Bertz CT molecular complexity index is 538. The van der Waals surface area contributed by atoms with Crippen molar-refractivity contribution in [2.24, 2.45) is 5.41 Å². The molecule has 2 rings (SSSR count). The van der Waals surface area contributed by atoms with E-state index in [0.29, 0.717) is 13.0 Å². The van der Waals surface area contributed by atoms with Crippen molar-refractivity contribution < 1.29 is 5.11 Å². The third kappa shape index (κ3) is 2.01. The highest BCUT2D eigenvalue weighted by atomic mass is 16.3. The first-order valence-electron chi connectivity index (χ1n) is 6.02. The highest BCUT2D eigenvalue weighted by Gasteiger charge is 2.33. The topological polar surface area (TPSA) is 75.1 Å². The SMILES string of the molecule is CCc1c(O)n(CC2(C)CCC2)c(=O)[nH]c1=O. The minimum absolute atomic E-state index is 0.0740. The molecule has 0 unspecified atom stereocenters. The van der Waals surface area contributed by atoms with Crippen molar-refractivity contribution in [1.29, 1.82) is 0 Å². The van der Waals surface area contributed by atoms with Crippen molar-refractivity contribution in [3.05, 3.63) is 26.4 Å². The smallest absolute Gasteiger partial charge is 0.331 e. The van der Waals surface area contributed by atoms with Crippen LogP contribution in [0.1, 0.15) is 38.7 Å². The summed E-state index contributed by atoms with van der Waals surface area (Å²) in [6.45, 7) is 4.35. The van der Waals surface area contributed by atoms with Crippen LogP contribution >= 0.6 is 0 Å². The fourth-order valence-electron chi connectivity index (χ4n) is 2.39. The molecule has 5 nitrogen and oxygen atoms in total. The number of aromatic hydroxyl groups is 1. The molecule has 0 aromatic carbocycles. The van der Waals surface area contributed by atoms with Crippen molar-refractivity contribution >= 4 is 0 Å². The van der Waals surface area contributed by atoms with Crippen LogP contribution in [0.3, 0.4) is 0 Å². The average Bonchev–Trinajstić information content (AvgIpc) is 2.22. The monoisotopic (exact) mass is 238 g/mol. The molecule has 17 heavy (non-hydrogen) atoms. The van der Waals surface area contributed by atoms with Crippen molar-refractivity contribution in [3.63, 3.8) is 0 Å². The van der Waals surface area contributed by atoms with E-state index in [-0.39, 0.29) is 16.9 Å². The molecular weight excluding hydrogens is 220 g/mol. The molecule has 0 atom stereocenters. The van der Waals surface area contributed by atoms with Gasteiger partial charge in [0, 0.05) is 6.54 Å². The second kappa shape index (κ2) is 4.05. The standard InChI is InChI=1S/C12H18N2O3/c1-3-8-9(15)13-11(17)14(10(8)16)7-12(2)5-4-6-12/h16H,3-7H2,1-2H3,(H,13,15,17). The Labute approximate surface area is 99.1 Å². The van der Waals surface area contributed by atoms with Crippen molar-refractivity contribution in [3.8, 4) is 5.88 Å². The van der Waals surface area contributed by atoms with Gasteiger partial charge in [0.05, 0.1) is 5.56 Å². The van der Waals surface area contributed by atoms with Gasteiger partial charge in [0.15, 0.2) is 0 Å². The molecule has 0 aliphatic heterocycles. The molecule has 1 fully saturated rings. The predicted octanol–water partition coefficient (Wildman–Crippen LogP) is 0.995. The van der Waals surface area contributed by atoms with Gasteiger partial charge in [0.1, 0.15) is 0 Å². The molecule has 1 aliphatic carbocycles. The minimum Gasteiger partial charge on any atom is -0.494 e. The zero-order chi connectivity index (χ0) is 12.6. The van der Waals surface area contributed by atoms with E-state index in [4.69, 9.17) is 0 Å². The number of nitrogens with zero attached hydrogens (tertiary/aromatic N) is 1. The number of hydrogen-bond donors (Lipinski definition) is 2. The van der Waals surface area contributed by atoms with Crippen LogP contribution in [0.4, 0.5) is 0 Å². The van der Waals surface area contributed by atoms with E-state index in [1.54, 1.807) is 6.92 Å². The zero-order valence-electron chi connectivity index (χ0n) is 10.2. The first-order valence-corrected chi connectivity index (χ1v) is 6.02. The predicted molar refractivity (Wildman–Crippen MR) is 64.3 cm³/mol. The summed E-state index contributed by atoms with van der Waals surface area (Å²) in [5.74, 6) is -0.172. The van der Waals surface area contributed by atoms with Crippen molar-refractivity contribution in [2.45, 2.75) is 46.1 Å². The summed E-state index contributed by atoms with van der Waals surface area (Å²) in [5, 5.41) is 9.98. The highest BCUT2D eigenvalue weighted by molar-refractivity contribution is 5.22. The Morgan fingerprint density at radius 2 is 2.06 bits per heavy atom. The summed E-state index contributed by atoms with van der Waals surface area (Å²) in [6, 6.07) is 0. The third-order valence-corrected chi connectivity index (χ3v) is 3.72. The van der Waals surface area contributed by atoms with Crippen LogP contribution in [0.25, 0.3) is 0 Å². The Morgan fingerprint density at radius 1 is 1.41 bits per heavy atom. The number of nitrogens with one attached hydrogen (secondary N) is 1. The first-order chi connectivity index (χ1) is 7.97. The molecule has 5 heteroatoms. The van der Waals surface area contributed by atoms with Crippen molar-refractivity contribution in [2.75, 3.05) is 0 Å². The number of aromatic nitrogens is 2. The summed E-state index contributed by atoms with van der Waals surface area (Å²) in [6.07, 6.45) is 3.69. The third-order valence-electron chi connectivity index (χ3n) is 3.72. The molecule has 0 spiro atoms. The van der Waals surface area contributed by atoms with Crippen LogP contribution in [0.5, 0.6) is 5.88 Å². The maximum Gasteiger partial charge on any atom is 0.331 e. The van der Waals surface area contributed by atoms with Gasteiger partial charge in [-0.25, -0.2) is 4.79 Å². The summed E-state index contributed by atoms with van der Waals surface area (Å²) in [7, 11) is 0. The van der Waals surface area contributed by atoms with Gasteiger partial charge in [0.2, 0.25) is 5.88 Å². The van der Waals surface area contributed by atoms with E-state index in [0.717, 1.165) is 19.3 Å². The van der Waals surface area contributed by atoms with E-state index in [9.17, 15) is 14.7 Å². The van der Waals surface area contributed by atoms with E-state index in [2.05, 4.69) is 11.9 Å². The van der Waals surface area contributed by atoms with Gasteiger partial charge >= 0.3 is 5.69 Å². The first kappa shape index (κ1) is 12.0. The van der Waals surface area contributed by atoms with E-state index in [1.165, 1.54) is 4.57 Å². The maximum atomic E-state index is 11.7. The van der Waals surface area contributed by atoms with Crippen LogP contribution in [-0.2, 0) is 13.0 Å². The Balaban J connectivity index is 2.46. The van der Waals surface area contributed by atoms with Crippen LogP contribution in [0.15, 0.2) is 9.59 Å². The molecule has 94 valence electrons. The molecule has 0 amide bonds. The molecule has 0 saturated heterocycles. The summed E-state index contributed by atoms with van der Waals surface area (Å²) in [5.41, 5.74) is -0.639. The van der Waals surface area contributed by atoms with Gasteiger partial charge in [-0.05, 0) is 24.7 Å². The van der Waals surface area contributed by atoms with E-state index >= 15 is 0 Å². The molecule has 0 radical (unpaired) electrons. The lowest BCUT2D eigenvalue weighted by Gasteiger charge is -2.38. The molecule has 0 bridgehead atoms. The largest absolute Gasteiger partial charge is 0.494 e. The summed E-state index contributed by atoms with van der Waals surface area (Å²) < 4.78 is 1.29. The molecule has 1 heterocycles. The Morgan fingerprint density at radius 3 is 2.53 bits per heavy atom. The second-order valence-electron chi connectivity index (χ2n) is 5.17. The van der Waals surface area contributed by atoms with Gasteiger partial charge in [-0.15, -0.1) is 0 Å². The molecule has 2 N–H and O–H groups in total. The van der Waals surface area contributed by atoms with Crippen LogP contribution in [0, 0.1) is 5.41 Å². The lowest BCUT2D eigenvalue weighted by Crippen LogP contribution is -2.39. The summed E-state index contributed by atoms with van der Waals surface area (Å²) >= 11 is 0. The quantitative estimate of drug-likeness (QED) is 0.824. The van der Waals surface area contributed by atoms with Gasteiger partial charge in [-0.3, -0.25) is 14.3 Å². The normalized spacial score (nSPS) is 17.8. The molecule has 1 saturated carbocycles. The molecule has 1 aliphatic rings. The van der Waals surface area contributed by atoms with E-state index < -0.39 is 11.2 Å². The number of rotatable bonds is 3. The average molecular weight is 238 g/mol. The van der Waals surface area contributed by atoms with Gasteiger partial charge < -0.3 is 5.11 Å². The lowest BCUT2D eigenvalue weighted by atomic mass is 9.70. The fraction of sp³-hybridized carbons (Fsp3) is 0.667. The summed E-state index contributed by atoms with van der Waals surface area (Å²) in [4.78, 5) is 25.4. The van der Waals surface area contributed by atoms with Crippen LogP contribution in [0.2, 0.25) is 0 Å². The van der Waals surface area contributed by atoms with Gasteiger partial charge in [-0.2, -0.15) is 0 Å².